The van der Waals surface area contributed by atoms with E-state index in [-0.39, 0.29) is 5.76 Å². The van der Waals surface area contributed by atoms with Gasteiger partial charge in [0.2, 0.25) is 5.76 Å². The van der Waals surface area contributed by atoms with E-state index in [1.54, 1.807) is 13.0 Å². The Kier molecular flexibility index (Phi) is 3.05. The molecule has 1 aromatic carbocycles. The standard InChI is InChI=1S/C13H12O3/c1-2-15-13(14)12-11(8-9-16-12)10-6-4-3-5-7-10/h3-9H,2H2,1H3. The van der Waals surface area contributed by atoms with Gasteiger partial charge < -0.3 is 9.15 Å². The molecule has 0 amide bonds. The van der Waals surface area contributed by atoms with E-state index in [1.165, 1.54) is 6.26 Å². The van der Waals surface area contributed by atoms with Gasteiger partial charge in [0.15, 0.2) is 0 Å². The Hall–Kier alpha value is -2.03. The van der Waals surface area contributed by atoms with Gasteiger partial charge in [-0.15, -0.1) is 0 Å². The number of hydrogen-bond donors (Lipinski definition) is 0. The number of carbonyl (C=O) groups is 1. The molecule has 2 rings (SSSR count). The van der Waals surface area contributed by atoms with Crippen molar-refractivity contribution in [1.82, 2.24) is 0 Å². The average Bonchev–Trinajstić information content (AvgIpc) is 2.79. The van der Waals surface area contributed by atoms with Crippen LogP contribution >= 0.6 is 0 Å². The van der Waals surface area contributed by atoms with Crippen LogP contribution in [0.5, 0.6) is 0 Å². The molecular weight excluding hydrogens is 204 g/mol. The number of ether oxygens (including phenoxy) is 1. The Balaban J connectivity index is 2.37. The first-order valence-corrected chi connectivity index (χ1v) is 5.13. The predicted molar refractivity (Wildman–Crippen MR) is 60.1 cm³/mol. The molecule has 0 fully saturated rings. The molecule has 3 heteroatoms. The van der Waals surface area contributed by atoms with Crippen LogP contribution in [0.3, 0.4) is 0 Å². The summed E-state index contributed by atoms with van der Waals surface area (Å²) in [6, 6.07) is 11.4. The Labute approximate surface area is 93.7 Å². The third-order valence-corrected chi connectivity index (χ3v) is 2.21. The third-order valence-electron chi connectivity index (χ3n) is 2.21. The average molecular weight is 216 g/mol. The molecule has 0 N–H and O–H groups in total. The first kappa shape index (κ1) is 10.5. The van der Waals surface area contributed by atoms with Gasteiger partial charge in [-0.05, 0) is 18.6 Å². The fourth-order valence-corrected chi connectivity index (χ4v) is 1.51. The van der Waals surface area contributed by atoms with Crippen LogP contribution in [0.2, 0.25) is 0 Å². The maximum absolute atomic E-state index is 11.6. The van der Waals surface area contributed by atoms with E-state index < -0.39 is 5.97 Å². The Morgan fingerprint density at radius 3 is 2.69 bits per heavy atom. The van der Waals surface area contributed by atoms with Gasteiger partial charge in [-0.2, -0.15) is 0 Å². The summed E-state index contributed by atoms with van der Waals surface area (Å²) in [7, 11) is 0. The zero-order chi connectivity index (χ0) is 11.4. The topological polar surface area (TPSA) is 39.4 Å². The first-order chi connectivity index (χ1) is 7.83. The number of furan rings is 1. The number of esters is 1. The van der Waals surface area contributed by atoms with Crippen LogP contribution < -0.4 is 0 Å². The van der Waals surface area contributed by atoms with Gasteiger partial charge in [-0.25, -0.2) is 4.79 Å². The van der Waals surface area contributed by atoms with Crippen molar-refractivity contribution >= 4 is 5.97 Å². The largest absolute Gasteiger partial charge is 0.460 e. The lowest BCUT2D eigenvalue weighted by atomic mass is 10.1. The molecule has 0 aliphatic carbocycles. The van der Waals surface area contributed by atoms with Crippen molar-refractivity contribution in [2.75, 3.05) is 6.61 Å². The van der Waals surface area contributed by atoms with Gasteiger partial charge in [0, 0.05) is 5.56 Å². The second kappa shape index (κ2) is 4.66. The van der Waals surface area contributed by atoms with Crippen LogP contribution in [0.15, 0.2) is 47.1 Å². The van der Waals surface area contributed by atoms with Crippen LogP contribution in [0.1, 0.15) is 17.5 Å². The molecular formula is C13H12O3. The van der Waals surface area contributed by atoms with Crippen molar-refractivity contribution in [3.63, 3.8) is 0 Å². The van der Waals surface area contributed by atoms with Gasteiger partial charge in [0.25, 0.3) is 0 Å². The number of rotatable bonds is 3. The summed E-state index contributed by atoms with van der Waals surface area (Å²) < 4.78 is 10.1. The second-order valence-corrected chi connectivity index (χ2v) is 3.25. The van der Waals surface area contributed by atoms with Gasteiger partial charge in [-0.1, -0.05) is 30.3 Å². The molecule has 0 radical (unpaired) electrons. The molecule has 0 atom stereocenters. The number of benzene rings is 1. The monoisotopic (exact) mass is 216 g/mol. The van der Waals surface area contributed by atoms with Crippen molar-refractivity contribution in [3.8, 4) is 11.1 Å². The second-order valence-electron chi connectivity index (χ2n) is 3.25. The van der Waals surface area contributed by atoms with E-state index in [0.717, 1.165) is 11.1 Å². The molecule has 2 aromatic rings. The van der Waals surface area contributed by atoms with Crippen LogP contribution in [0.25, 0.3) is 11.1 Å². The number of carbonyl (C=O) groups excluding carboxylic acids is 1. The highest BCUT2D eigenvalue weighted by molar-refractivity contribution is 5.94. The van der Waals surface area contributed by atoms with Gasteiger partial charge in [-0.3, -0.25) is 0 Å². The molecule has 3 nitrogen and oxygen atoms in total. The molecule has 0 saturated carbocycles. The van der Waals surface area contributed by atoms with Crippen LogP contribution in [0, 0.1) is 0 Å². The third kappa shape index (κ3) is 1.98. The molecule has 1 heterocycles. The van der Waals surface area contributed by atoms with E-state index in [4.69, 9.17) is 9.15 Å². The van der Waals surface area contributed by atoms with Gasteiger partial charge >= 0.3 is 5.97 Å². The summed E-state index contributed by atoms with van der Waals surface area (Å²) >= 11 is 0. The zero-order valence-electron chi connectivity index (χ0n) is 8.97. The van der Waals surface area contributed by atoms with Gasteiger partial charge in [0.1, 0.15) is 0 Å². The fourth-order valence-electron chi connectivity index (χ4n) is 1.51. The van der Waals surface area contributed by atoms with E-state index >= 15 is 0 Å². The van der Waals surface area contributed by atoms with Crippen molar-refractivity contribution in [1.29, 1.82) is 0 Å². The highest BCUT2D eigenvalue weighted by Crippen LogP contribution is 2.25. The van der Waals surface area contributed by atoms with Crippen molar-refractivity contribution < 1.29 is 13.9 Å². The minimum Gasteiger partial charge on any atom is -0.460 e. The SMILES string of the molecule is CCOC(=O)c1occc1-c1ccccc1. The van der Waals surface area contributed by atoms with Crippen LogP contribution in [-0.2, 0) is 4.74 Å². The highest BCUT2D eigenvalue weighted by Gasteiger charge is 2.17. The molecule has 0 aliphatic heterocycles. The molecule has 0 spiro atoms. The first-order valence-electron chi connectivity index (χ1n) is 5.13. The Morgan fingerprint density at radius 1 is 1.25 bits per heavy atom. The molecule has 0 aliphatic rings. The number of hydrogen-bond acceptors (Lipinski definition) is 3. The lowest BCUT2D eigenvalue weighted by Crippen LogP contribution is -2.04. The molecule has 0 bridgehead atoms. The quantitative estimate of drug-likeness (QED) is 0.740. The minimum atomic E-state index is -0.425. The highest BCUT2D eigenvalue weighted by atomic mass is 16.5. The normalized spacial score (nSPS) is 10.1. The Morgan fingerprint density at radius 2 is 2.00 bits per heavy atom. The summed E-state index contributed by atoms with van der Waals surface area (Å²) in [5.41, 5.74) is 1.71. The van der Waals surface area contributed by atoms with E-state index in [9.17, 15) is 4.79 Å². The molecule has 0 unspecified atom stereocenters. The summed E-state index contributed by atoms with van der Waals surface area (Å²) in [5, 5.41) is 0. The van der Waals surface area contributed by atoms with Crippen molar-refractivity contribution in [2.24, 2.45) is 0 Å². The van der Waals surface area contributed by atoms with Gasteiger partial charge in [0.05, 0.1) is 12.9 Å². The van der Waals surface area contributed by atoms with Crippen molar-refractivity contribution in [2.45, 2.75) is 6.92 Å². The molecule has 16 heavy (non-hydrogen) atoms. The van der Waals surface area contributed by atoms with Crippen LogP contribution in [-0.4, -0.2) is 12.6 Å². The summed E-state index contributed by atoms with van der Waals surface area (Å²) in [5.74, 6) is -0.167. The summed E-state index contributed by atoms with van der Waals surface area (Å²) in [4.78, 5) is 11.6. The summed E-state index contributed by atoms with van der Waals surface area (Å²) in [6.07, 6.45) is 1.49. The molecule has 1 aromatic heterocycles. The van der Waals surface area contributed by atoms with E-state index in [0.29, 0.717) is 6.61 Å². The minimum absolute atomic E-state index is 0.257. The maximum atomic E-state index is 11.6. The van der Waals surface area contributed by atoms with E-state index in [1.807, 2.05) is 30.3 Å². The molecule has 82 valence electrons. The molecule has 0 saturated heterocycles. The van der Waals surface area contributed by atoms with E-state index in [2.05, 4.69) is 0 Å². The van der Waals surface area contributed by atoms with Crippen LogP contribution in [0.4, 0.5) is 0 Å². The van der Waals surface area contributed by atoms with Crippen molar-refractivity contribution in [3.05, 3.63) is 48.4 Å². The lowest BCUT2D eigenvalue weighted by molar-refractivity contribution is 0.0491. The Bertz CT molecular complexity index is 471. The fraction of sp³-hybridized carbons (Fsp3) is 0.154. The zero-order valence-corrected chi connectivity index (χ0v) is 8.97. The summed E-state index contributed by atoms with van der Waals surface area (Å²) in [6.45, 7) is 2.11. The lowest BCUT2D eigenvalue weighted by Gasteiger charge is -2.02. The maximum Gasteiger partial charge on any atom is 0.374 e. The smallest absolute Gasteiger partial charge is 0.374 e. The predicted octanol–water partition coefficient (Wildman–Crippen LogP) is 3.12.